The molecule has 0 aliphatic heterocycles. The molecule has 8 nitrogen and oxygen atoms in total. The van der Waals surface area contributed by atoms with E-state index in [1.807, 2.05) is 0 Å². The molecule has 0 amide bonds. The lowest BCUT2D eigenvalue weighted by molar-refractivity contribution is -0.136. The lowest BCUT2D eigenvalue weighted by Crippen LogP contribution is -2.11. The Balaban J connectivity index is 2.27. The SMILES string of the molecule is CCOc1ccc(S(=O)(=O)c2c(SC)nn3c(C)c(CC(=O)O)c(C)nc23)cc1Cl. The van der Waals surface area contributed by atoms with Crippen LogP contribution in [0.1, 0.15) is 23.9 Å². The van der Waals surface area contributed by atoms with Gasteiger partial charge in [0, 0.05) is 17.0 Å². The number of hydrogen-bond acceptors (Lipinski definition) is 7. The van der Waals surface area contributed by atoms with Crippen LogP contribution in [0.2, 0.25) is 5.02 Å². The molecular formula is C19H20ClN3O5S2. The number of carboxylic acids is 1. The van der Waals surface area contributed by atoms with E-state index < -0.39 is 15.8 Å². The summed E-state index contributed by atoms with van der Waals surface area (Å²) in [5.74, 6) is -0.609. The molecule has 160 valence electrons. The second kappa shape index (κ2) is 8.44. The van der Waals surface area contributed by atoms with E-state index >= 15 is 0 Å². The fraction of sp³-hybridized carbons (Fsp3) is 0.316. The third-order valence-electron chi connectivity index (χ3n) is 4.56. The Morgan fingerprint density at radius 3 is 2.60 bits per heavy atom. The molecule has 0 aliphatic carbocycles. The average molecular weight is 470 g/mol. The summed E-state index contributed by atoms with van der Waals surface area (Å²) in [6.45, 7) is 5.56. The van der Waals surface area contributed by atoms with Crippen LogP contribution in [0.5, 0.6) is 5.75 Å². The van der Waals surface area contributed by atoms with Crippen molar-refractivity contribution in [1.29, 1.82) is 0 Å². The molecule has 30 heavy (non-hydrogen) atoms. The van der Waals surface area contributed by atoms with E-state index in [2.05, 4.69) is 10.1 Å². The van der Waals surface area contributed by atoms with Crippen LogP contribution < -0.4 is 4.74 Å². The highest BCUT2D eigenvalue weighted by Gasteiger charge is 2.30. The minimum atomic E-state index is -4.01. The smallest absolute Gasteiger partial charge is 0.307 e. The molecule has 1 N–H and O–H groups in total. The number of aryl methyl sites for hydroxylation is 2. The maximum atomic E-state index is 13.5. The van der Waals surface area contributed by atoms with Gasteiger partial charge in [-0.1, -0.05) is 11.6 Å². The number of aliphatic carboxylic acids is 1. The van der Waals surface area contributed by atoms with Gasteiger partial charge < -0.3 is 9.84 Å². The minimum Gasteiger partial charge on any atom is -0.492 e. The van der Waals surface area contributed by atoms with Gasteiger partial charge >= 0.3 is 5.97 Å². The highest BCUT2D eigenvalue weighted by molar-refractivity contribution is 7.99. The molecule has 3 aromatic rings. The molecule has 0 bridgehead atoms. The molecule has 0 saturated carbocycles. The Labute approximate surface area is 183 Å². The van der Waals surface area contributed by atoms with E-state index in [-0.39, 0.29) is 31.9 Å². The number of nitrogens with zero attached hydrogens (tertiary/aromatic N) is 3. The third kappa shape index (κ3) is 3.86. The first-order valence-electron chi connectivity index (χ1n) is 8.93. The number of rotatable bonds is 7. The number of sulfone groups is 1. The topological polar surface area (TPSA) is 111 Å². The first kappa shape index (κ1) is 22.4. The average Bonchev–Trinajstić information content (AvgIpc) is 3.06. The molecule has 3 rings (SSSR count). The summed E-state index contributed by atoms with van der Waals surface area (Å²) in [4.78, 5) is 15.6. The van der Waals surface area contributed by atoms with E-state index in [1.165, 1.54) is 34.5 Å². The Kier molecular flexibility index (Phi) is 6.30. The standard InChI is InChI=1S/C19H20ClN3O5S2/c1-5-28-15-7-6-12(8-14(15)20)30(26,27)17-18-21-10(2)13(9-16(24)25)11(3)23(18)22-19(17)29-4/h6-8H,5,9H2,1-4H3,(H,24,25). The summed E-state index contributed by atoms with van der Waals surface area (Å²) in [5, 5.41) is 14.0. The summed E-state index contributed by atoms with van der Waals surface area (Å²) >= 11 is 7.37. The Bertz CT molecular complexity index is 1260. The number of carboxylic acid groups (broad SMARTS) is 1. The third-order valence-corrected chi connectivity index (χ3v) is 7.44. The fourth-order valence-electron chi connectivity index (χ4n) is 3.14. The van der Waals surface area contributed by atoms with Crippen LogP contribution >= 0.6 is 23.4 Å². The van der Waals surface area contributed by atoms with Gasteiger partial charge in [0.25, 0.3) is 0 Å². The van der Waals surface area contributed by atoms with Crippen molar-refractivity contribution in [3.63, 3.8) is 0 Å². The molecule has 0 fully saturated rings. The number of thioether (sulfide) groups is 1. The molecule has 2 heterocycles. The van der Waals surface area contributed by atoms with Crippen molar-refractivity contribution in [2.24, 2.45) is 0 Å². The zero-order valence-corrected chi connectivity index (χ0v) is 19.2. The maximum Gasteiger partial charge on any atom is 0.307 e. The largest absolute Gasteiger partial charge is 0.492 e. The Hall–Kier alpha value is -2.30. The molecule has 0 saturated heterocycles. The van der Waals surface area contributed by atoms with Crippen molar-refractivity contribution in [2.45, 2.75) is 42.0 Å². The number of halogens is 1. The lowest BCUT2D eigenvalue weighted by Gasteiger charge is -2.11. The molecule has 1 aromatic carbocycles. The van der Waals surface area contributed by atoms with E-state index in [4.69, 9.17) is 16.3 Å². The van der Waals surface area contributed by atoms with Crippen molar-refractivity contribution in [2.75, 3.05) is 12.9 Å². The van der Waals surface area contributed by atoms with E-state index in [9.17, 15) is 18.3 Å². The minimum absolute atomic E-state index is 0.00660. The monoisotopic (exact) mass is 469 g/mol. The van der Waals surface area contributed by atoms with Crippen LogP contribution in [-0.2, 0) is 21.1 Å². The zero-order valence-electron chi connectivity index (χ0n) is 16.8. The van der Waals surface area contributed by atoms with Gasteiger partial charge in [-0.3, -0.25) is 4.79 Å². The van der Waals surface area contributed by atoms with Gasteiger partial charge in [0.05, 0.1) is 22.9 Å². The van der Waals surface area contributed by atoms with Gasteiger partial charge in [0.2, 0.25) is 9.84 Å². The van der Waals surface area contributed by atoms with Crippen LogP contribution in [-0.4, -0.2) is 47.0 Å². The summed E-state index contributed by atoms with van der Waals surface area (Å²) in [6.07, 6.45) is 1.48. The van der Waals surface area contributed by atoms with Gasteiger partial charge in [-0.2, -0.15) is 5.10 Å². The predicted molar refractivity (Wildman–Crippen MR) is 114 cm³/mol. The van der Waals surface area contributed by atoms with Crippen molar-refractivity contribution in [1.82, 2.24) is 14.6 Å². The number of aromatic nitrogens is 3. The van der Waals surface area contributed by atoms with Crippen LogP contribution in [0.4, 0.5) is 0 Å². The van der Waals surface area contributed by atoms with Crippen LogP contribution in [0.3, 0.4) is 0 Å². The van der Waals surface area contributed by atoms with Crippen molar-refractivity contribution < 1.29 is 23.1 Å². The molecule has 0 atom stereocenters. The molecule has 0 unspecified atom stereocenters. The van der Waals surface area contributed by atoms with E-state index in [1.54, 1.807) is 27.0 Å². The maximum absolute atomic E-state index is 13.5. The second-order valence-electron chi connectivity index (χ2n) is 6.43. The van der Waals surface area contributed by atoms with Gasteiger partial charge in [0.15, 0.2) is 10.5 Å². The molecule has 2 aromatic heterocycles. The fourth-order valence-corrected chi connectivity index (χ4v) is 5.86. The molecule has 0 spiro atoms. The summed E-state index contributed by atoms with van der Waals surface area (Å²) in [7, 11) is -4.01. The number of benzene rings is 1. The van der Waals surface area contributed by atoms with Gasteiger partial charge in [-0.15, -0.1) is 11.8 Å². The van der Waals surface area contributed by atoms with Crippen LogP contribution in [0, 0.1) is 13.8 Å². The number of ether oxygens (including phenoxy) is 1. The normalized spacial score (nSPS) is 11.8. The van der Waals surface area contributed by atoms with E-state index in [0.717, 1.165) is 0 Å². The van der Waals surface area contributed by atoms with Gasteiger partial charge in [-0.05, 0) is 45.2 Å². The number of fused-ring (bicyclic) bond motifs is 1. The first-order chi connectivity index (χ1) is 14.1. The Morgan fingerprint density at radius 2 is 2.03 bits per heavy atom. The highest BCUT2D eigenvalue weighted by atomic mass is 35.5. The Morgan fingerprint density at radius 1 is 1.33 bits per heavy atom. The molecule has 0 aliphatic rings. The quantitative estimate of drug-likeness (QED) is 0.522. The summed E-state index contributed by atoms with van der Waals surface area (Å²) in [6, 6.07) is 4.28. The van der Waals surface area contributed by atoms with E-state index in [0.29, 0.717) is 29.3 Å². The predicted octanol–water partition coefficient (Wildman–Crippen LogP) is 3.58. The molecular weight excluding hydrogens is 450 g/mol. The second-order valence-corrected chi connectivity index (χ2v) is 9.52. The van der Waals surface area contributed by atoms with Crippen LogP contribution in [0.15, 0.2) is 33.0 Å². The summed E-state index contributed by atoms with van der Waals surface area (Å²) in [5.41, 5.74) is 1.62. The van der Waals surface area contributed by atoms with Crippen LogP contribution in [0.25, 0.3) is 5.65 Å². The highest BCUT2D eigenvalue weighted by Crippen LogP contribution is 2.36. The lowest BCUT2D eigenvalue weighted by atomic mass is 10.1. The molecule has 0 radical (unpaired) electrons. The van der Waals surface area contributed by atoms with Crippen molar-refractivity contribution >= 4 is 44.8 Å². The van der Waals surface area contributed by atoms with Gasteiger partial charge in [0.1, 0.15) is 10.8 Å². The van der Waals surface area contributed by atoms with Crippen molar-refractivity contribution in [3.8, 4) is 5.75 Å². The number of hydrogen-bond donors (Lipinski definition) is 1. The zero-order chi connectivity index (χ0) is 22.2. The molecule has 11 heteroatoms. The first-order valence-corrected chi connectivity index (χ1v) is 12.0. The number of carbonyl (C=O) groups is 1. The van der Waals surface area contributed by atoms with Crippen molar-refractivity contribution in [3.05, 3.63) is 40.2 Å². The summed E-state index contributed by atoms with van der Waals surface area (Å²) < 4.78 is 33.8. The van der Waals surface area contributed by atoms with Gasteiger partial charge in [-0.25, -0.2) is 17.9 Å².